The first kappa shape index (κ1) is 25.8. The van der Waals surface area contributed by atoms with Crippen molar-refractivity contribution < 1.29 is 22.7 Å². The zero-order chi connectivity index (χ0) is 26.1. The van der Waals surface area contributed by atoms with Gasteiger partial charge in [-0.2, -0.15) is 0 Å². The molecule has 1 aliphatic rings. The Kier molecular flexibility index (Phi) is 7.14. The molecule has 36 heavy (non-hydrogen) atoms. The molecule has 0 aliphatic carbocycles. The number of halogens is 3. The number of aryl methyl sites for hydroxylation is 3. The summed E-state index contributed by atoms with van der Waals surface area (Å²) in [4.78, 5) is 17.9. The standard InChI is InChI=1S/C29H31F3N2O2/c1-5-22-10-15-26(21(3)16-22)27(35)34(24-11-13-25(14-12-24)36-29(30,31)32)28(4)18-33(19-28)17-23-9-7-6-8-20(23)2/h6-16H,5,17-19H2,1-4H3. The molecular weight excluding hydrogens is 465 g/mol. The van der Waals surface area contributed by atoms with Crippen LogP contribution in [0.2, 0.25) is 0 Å². The second kappa shape index (κ2) is 9.97. The number of ether oxygens (including phenoxy) is 1. The molecule has 4 rings (SSSR count). The van der Waals surface area contributed by atoms with Crippen LogP contribution >= 0.6 is 0 Å². The molecule has 0 bridgehead atoms. The molecule has 0 aromatic heterocycles. The lowest BCUT2D eigenvalue weighted by molar-refractivity contribution is -0.274. The summed E-state index contributed by atoms with van der Waals surface area (Å²) in [5.74, 6) is -0.486. The Bertz CT molecular complexity index is 1230. The third-order valence-corrected chi connectivity index (χ3v) is 6.78. The zero-order valence-electron chi connectivity index (χ0n) is 21.0. The van der Waals surface area contributed by atoms with Gasteiger partial charge in [0.25, 0.3) is 5.91 Å². The summed E-state index contributed by atoms with van der Waals surface area (Å²) < 4.78 is 42.0. The average Bonchev–Trinajstić information content (AvgIpc) is 2.79. The zero-order valence-corrected chi connectivity index (χ0v) is 21.0. The summed E-state index contributed by atoms with van der Waals surface area (Å²) in [6.45, 7) is 10.1. The number of hydrogen-bond donors (Lipinski definition) is 0. The lowest BCUT2D eigenvalue weighted by Gasteiger charge is -2.54. The van der Waals surface area contributed by atoms with Gasteiger partial charge in [0.15, 0.2) is 0 Å². The molecule has 1 saturated heterocycles. The van der Waals surface area contributed by atoms with E-state index in [9.17, 15) is 18.0 Å². The van der Waals surface area contributed by atoms with Gasteiger partial charge in [0, 0.05) is 30.9 Å². The minimum Gasteiger partial charge on any atom is -0.406 e. The number of likely N-dealkylation sites (tertiary alicyclic amines) is 1. The molecule has 0 saturated carbocycles. The van der Waals surface area contributed by atoms with Gasteiger partial charge >= 0.3 is 6.36 Å². The van der Waals surface area contributed by atoms with Crippen molar-refractivity contribution in [3.8, 4) is 5.75 Å². The number of carbonyl (C=O) groups excluding carboxylic acids is 1. The number of amides is 1. The Hall–Kier alpha value is -3.32. The second-order valence-corrected chi connectivity index (χ2v) is 9.75. The number of alkyl halides is 3. The molecule has 0 N–H and O–H groups in total. The molecule has 1 fully saturated rings. The highest BCUT2D eigenvalue weighted by molar-refractivity contribution is 6.08. The van der Waals surface area contributed by atoms with Crippen molar-refractivity contribution in [2.24, 2.45) is 0 Å². The van der Waals surface area contributed by atoms with Crippen molar-refractivity contribution in [1.82, 2.24) is 4.90 Å². The van der Waals surface area contributed by atoms with Crippen molar-refractivity contribution in [2.45, 2.75) is 52.6 Å². The highest BCUT2D eigenvalue weighted by Gasteiger charge is 2.47. The Morgan fingerprint density at radius 3 is 2.25 bits per heavy atom. The molecule has 1 heterocycles. The molecular formula is C29H31F3N2O2. The fourth-order valence-corrected chi connectivity index (χ4v) is 4.98. The maximum absolute atomic E-state index is 13.9. The first-order valence-electron chi connectivity index (χ1n) is 12.1. The second-order valence-electron chi connectivity index (χ2n) is 9.75. The minimum absolute atomic E-state index is 0.169. The van der Waals surface area contributed by atoms with Gasteiger partial charge in [-0.1, -0.05) is 43.3 Å². The van der Waals surface area contributed by atoms with Gasteiger partial charge in [0.05, 0.1) is 5.54 Å². The Labute approximate surface area is 210 Å². The number of benzene rings is 3. The van der Waals surface area contributed by atoms with Crippen molar-refractivity contribution in [3.05, 3.63) is 94.5 Å². The van der Waals surface area contributed by atoms with Crippen LogP contribution < -0.4 is 9.64 Å². The molecule has 190 valence electrons. The van der Waals surface area contributed by atoms with Gasteiger partial charge in [0.1, 0.15) is 5.75 Å². The van der Waals surface area contributed by atoms with Crippen LogP contribution in [0.5, 0.6) is 5.75 Å². The summed E-state index contributed by atoms with van der Waals surface area (Å²) in [6.07, 6.45) is -3.91. The van der Waals surface area contributed by atoms with Crippen LogP contribution in [0.3, 0.4) is 0 Å². The van der Waals surface area contributed by atoms with E-state index in [1.807, 2.05) is 44.2 Å². The van der Waals surface area contributed by atoms with Crippen LogP contribution in [-0.2, 0) is 13.0 Å². The van der Waals surface area contributed by atoms with E-state index >= 15 is 0 Å². The molecule has 3 aromatic rings. The van der Waals surface area contributed by atoms with E-state index in [1.54, 1.807) is 4.90 Å². The first-order valence-corrected chi connectivity index (χ1v) is 12.1. The van der Waals surface area contributed by atoms with Crippen molar-refractivity contribution in [2.75, 3.05) is 18.0 Å². The van der Waals surface area contributed by atoms with E-state index in [4.69, 9.17) is 0 Å². The van der Waals surface area contributed by atoms with Crippen LogP contribution in [-0.4, -0.2) is 35.8 Å². The Balaban J connectivity index is 1.63. The number of nitrogens with zero attached hydrogens (tertiary/aromatic N) is 2. The van der Waals surface area contributed by atoms with E-state index in [0.29, 0.717) is 24.3 Å². The lowest BCUT2D eigenvalue weighted by Crippen LogP contribution is -2.69. The SMILES string of the molecule is CCc1ccc(C(=O)N(c2ccc(OC(F)(F)F)cc2)C2(C)CN(Cc3ccccc3C)C2)c(C)c1. The number of hydrogen-bond acceptors (Lipinski definition) is 3. The van der Waals surface area contributed by atoms with Crippen molar-refractivity contribution in [3.63, 3.8) is 0 Å². The van der Waals surface area contributed by atoms with Crippen LogP contribution in [0.1, 0.15) is 46.5 Å². The van der Waals surface area contributed by atoms with E-state index < -0.39 is 11.9 Å². The maximum atomic E-state index is 13.9. The van der Waals surface area contributed by atoms with Gasteiger partial charge in [-0.15, -0.1) is 13.2 Å². The lowest BCUT2D eigenvalue weighted by atomic mass is 9.87. The fraction of sp³-hybridized carbons (Fsp3) is 0.345. The third kappa shape index (κ3) is 5.57. The summed E-state index contributed by atoms with van der Waals surface area (Å²) in [7, 11) is 0. The largest absolute Gasteiger partial charge is 0.573 e. The van der Waals surface area contributed by atoms with Gasteiger partial charge < -0.3 is 4.74 Å². The highest BCUT2D eigenvalue weighted by Crippen LogP contribution is 2.36. The molecule has 0 spiro atoms. The highest BCUT2D eigenvalue weighted by atomic mass is 19.4. The third-order valence-electron chi connectivity index (χ3n) is 6.78. The molecule has 1 aliphatic heterocycles. The normalized spacial score (nSPS) is 15.3. The predicted molar refractivity (Wildman–Crippen MR) is 135 cm³/mol. The summed E-state index contributed by atoms with van der Waals surface area (Å²) in [6, 6.07) is 19.6. The van der Waals surface area contributed by atoms with E-state index in [2.05, 4.69) is 35.6 Å². The summed E-state index contributed by atoms with van der Waals surface area (Å²) in [5, 5.41) is 0. The monoisotopic (exact) mass is 496 g/mol. The van der Waals surface area contributed by atoms with Crippen molar-refractivity contribution in [1.29, 1.82) is 0 Å². The minimum atomic E-state index is -4.77. The molecule has 4 nitrogen and oxygen atoms in total. The Morgan fingerprint density at radius 2 is 1.67 bits per heavy atom. The summed E-state index contributed by atoms with van der Waals surface area (Å²) >= 11 is 0. The van der Waals surface area contributed by atoms with Crippen LogP contribution in [0.15, 0.2) is 66.7 Å². The number of rotatable bonds is 7. The van der Waals surface area contributed by atoms with Gasteiger partial charge in [-0.3, -0.25) is 14.6 Å². The number of anilines is 1. The van der Waals surface area contributed by atoms with Crippen molar-refractivity contribution >= 4 is 11.6 Å². The van der Waals surface area contributed by atoms with Gasteiger partial charge in [-0.25, -0.2) is 0 Å². The fourth-order valence-electron chi connectivity index (χ4n) is 4.98. The topological polar surface area (TPSA) is 32.8 Å². The van der Waals surface area contributed by atoms with Crippen LogP contribution in [0, 0.1) is 13.8 Å². The average molecular weight is 497 g/mol. The molecule has 3 aromatic carbocycles. The Morgan fingerprint density at radius 1 is 1.00 bits per heavy atom. The first-order chi connectivity index (χ1) is 17.0. The molecule has 7 heteroatoms. The molecule has 0 atom stereocenters. The van der Waals surface area contributed by atoms with E-state index in [1.165, 1.54) is 35.4 Å². The predicted octanol–water partition coefficient (Wildman–Crippen LogP) is 6.69. The van der Waals surface area contributed by atoms with E-state index in [-0.39, 0.29) is 11.7 Å². The summed E-state index contributed by atoms with van der Waals surface area (Å²) in [5.41, 5.74) is 5.06. The molecule has 0 radical (unpaired) electrons. The van der Waals surface area contributed by atoms with Gasteiger partial charge in [0.2, 0.25) is 0 Å². The number of carbonyl (C=O) groups is 1. The maximum Gasteiger partial charge on any atom is 0.573 e. The van der Waals surface area contributed by atoms with Crippen LogP contribution in [0.4, 0.5) is 18.9 Å². The molecule has 0 unspecified atom stereocenters. The smallest absolute Gasteiger partial charge is 0.406 e. The molecule has 1 amide bonds. The van der Waals surface area contributed by atoms with Gasteiger partial charge in [-0.05, 0) is 79.8 Å². The van der Waals surface area contributed by atoms with E-state index in [0.717, 1.165) is 24.1 Å². The van der Waals surface area contributed by atoms with Crippen LogP contribution in [0.25, 0.3) is 0 Å². The quantitative estimate of drug-likeness (QED) is 0.366.